The molecule has 1 N–H and O–H groups in total. The van der Waals surface area contributed by atoms with Crippen LogP contribution in [0.25, 0.3) is 11.5 Å². The topological polar surface area (TPSA) is 50.7 Å². The van der Waals surface area contributed by atoms with Crippen LogP contribution in [0.1, 0.15) is 11.1 Å². The molecule has 5 heteroatoms. The van der Waals surface area contributed by atoms with Crippen LogP contribution in [0.2, 0.25) is 0 Å². The molecular weight excluding hydrogens is 280 g/mol. The molecule has 0 aliphatic rings. The van der Waals surface area contributed by atoms with Crippen molar-refractivity contribution >= 4 is 21.7 Å². The fourth-order valence-corrected chi connectivity index (χ4v) is 2.00. The highest BCUT2D eigenvalue weighted by Crippen LogP contribution is 2.23. The molecule has 2 aromatic heterocycles. The molecule has 2 rings (SSSR count). The van der Waals surface area contributed by atoms with Gasteiger partial charge < -0.3 is 5.32 Å². The van der Waals surface area contributed by atoms with Crippen LogP contribution in [0.15, 0.2) is 22.9 Å². The quantitative estimate of drug-likeness (QED) is 0.925. The molecule has 17 heavy (non-hydrogen) atoms. The molecule has 88 valence electrons. The van der Waals surface area contributed by atoms with Gasteiger partial charge in [-0.3, -0.25) is 4.98 Å². The number of halogens is 1. The van der Waals surface area contributed by atoms with Gasteiger partial charge in [0.2, 0.25) is 0 Å². The first kappa shape index (κ1) is 12.0. The van der Waals surface area contributed by atoms with Gasteiger partial charge in [-0.1, -0.05) is 6.07 Å². The van der Waals surface area contributed by atoms with Crippen molar-refractivity contribution in [3.63, 3.8) is 0 Å². The fourth-order valence-electron chi connectivity index (χ4n) is 1.61. The first-order chi connectivity index (χ1) is 8.11. The summed E-state index contributed by atoms with van der Waals surface area (Å²) in [5.74, 6) is 1.40. The SMILES string of the molecule is CNc1nc(-c2ncc(C)cc2C)ncc1Br. The highest BCUT2D eigenvalue weighted by molar-refractivity contribution is 9.10. The Morgan fingerprint density at radius 2 is 1.94 bits per heavy atom. The summed E-state index contributed by atoms with van der Waals surface area (Å²) in [6, 6.07) is 2.08. The second-order valence-corrected chi connectivity index (χ2v) is 4.67. The molecule has 0 spiro atoms. The molecule has 0 saturated heterocycles. The largest absolute Gasteiger partial charge is 0.372 e. The Bertz CT molecular complexity index is 554. The van der Waals surface area contributed by atoms with Crippen LogP contribution in [0.5, 0.6) is 0 Å². The van der Waals surface area contributed by atoms with Crippen LogP contribution in [0.3, 0.4) is 0 Å². The third-order valence-electron chi connectivity index (χ3n) is 2.41. The molecule has 0 radical (unpaired) electrons. The highest BCUT2D eigenvalue weighted by atomic mass is 79.9. The lowest BCUT2D eigenvalue weighted by Crippen LogP contribution is -2.00. The summed E-state index contributed by atoms with van der Waals surface area (Å²) in [5, 5.41) is 3.01. The smallest absolute Gasteiger partial charge is 0.180 e. The molecule has 0 aliphatic heterocycles. The van der Waals surface area contributed by atoms with Crippen molar-refractivity contribution in [1.29, 1.82) is 0 Å². The normalized spacial score (nSPS) is 10.4. The average molecular weight is 293 g/mol. The van der Waals surface area contributed by atoms with Crippen LogP contribution in [-0.2, 0) is 0 Å². The molecule has 2 aromatic rings. The molecule has 0 atom stereocenters. The molecule has 0 unspecified atom stereocenters. The molecule has 0 aliphatic carbocycles. The Morgan fingerprint density at radius 3 is 2.59 bits per heavy atom. The van der Waals surface area contributed by atoms with Crippen LogP contribution >= 0.6 is 15.9 Å². The van der Waals surface area contributed by atoms with Gasteiger partial charge in [0, 0.05) is 19.4 Å². The van der Waals surface area contributed by atoms with E-state index in [1.54, 1.807) is 6.20 Å². The lowest BCUT2D eigenvalue weighted by molar-refractivity contribution is 1.10. The second kappa shape index (κ2) is 4.79. The number of nitrogens with one attached hydrogen (secondary N) is 1. The van der Waals surface area contributed by atoms with E-state index < -0.39 is 0 Å². The van der Waals surface area contributed by atoms with Gasteiger partial charge in [-0.05, 0) is 40.9 Å². The maximum absolute atomic E-state index is 4.42. The molecule has 0 aromatic carbocycles. The minimum Gasteiger partial charge on any atom is -0.372 e. The minimum atomic E-state index is 0.634. The summed E-state index contributed by atoms with van der Waals surface area (Å²) in [7, 11) is 1.83. The van der Waals surface area contributed by atoms with E-state index in [-0.39, 0.29) is 0 Å². The van der Waals surface area contributed by atoms with Crippen LogP contribution < -0.4 is 5.32 Å². The van der Waals surface area contributed by atoms with Gasteiger partial charge in [-0.25, -0.2) is 9.97 Å². The van der Waals surface area contributed by atoms with Crippen LogP contribution in [0.4, 0.5) is 5.82 Å². The van der Waals surface area contributed by atoms with Crippen molar-refractivity contribution in [1.82, 2.24) is 15.0 Å². The molecule has 4 nitrogen and oxygen atoms in total. The van der Waals surface area contributed by atoms with E-state index in [1.165, 1.54) is 0 Å². The molecule has 0 saturated carbocycles. The Morgan fingerprint density at radius 1 is 1.18 bits per heavy atom. The standard InChI is InChI=1S/C12H13BrN4/c1-7-4-8(2)10(15-5-7)12-16-6-9(13)11(14-3)17-12/h4-6H,1-3H3,(H,14,16,17). The monoisotopic (exact) mass is 292 g/mol. The molecule has 0 fully saturated rings. The van der Waals surface area contributed by atoms with Gasteiger partial charge in [-0.2, -0.15) is 0 Å². The third-order valence-corrected chi connectivity index (χ3v) is 2.99. The van der Waals surface area contributed by atoms with Gasteiger partial charge in [0.05, 0.1) is 4.47 Å². The van der Waals surface area contributed by atoms with Gasteiger partial charge in [0.15, 0.2) is 5.82 Å². The van der Waals surface area contributed by atoms with E-state index >= 15 is 0 Å². The summed E-state index contributed by atoms with van der Waals surface area (Å²) in [4.78, 5) is 13.1. The molecule has 0 amide bonds. The zero-order chi connectivity index (χ0) is 12.4. The zero-order valence-electron chi connectivity index (χ0n) is 9.95. The Balaban J connectivity index is 2.53. The number of hydrogen-bond acceptors (Lipinski definition) is 4. The fraction of sp³-hybridized carbons (Fsp3) is 0.250. The van der Waals surface area contributed by atoms with E-state index in [0.717, 1.165) is 27.1 Å². The minimum absolute atomic E-state index is 0.634. The Labute approximate surface area is 109 Å². The number of anilines is 1. The average Bonchev–Trinajstić information content (AvgIpc) is 2.30. The Kier molecular flexibility index (Phi) is 3.38. The van der Waals surface area contributed by atoms with Crippen molar-refractivity contribution in [2.45, 2.75) is 13.8 Å². The lowest BCUT2D eigenvalue weighted by Gasteiger charge is -2.07. The second-order valence-electron chi connectivity index (χ2n) is 3.82. The first-order valence-corrected chi connectivity index (χ1v) is 6.05. The van der Waals surface area contributed by atoms with E-state index in [4.69, 9.17) is 0 Å². The van der Waals surface area contributed by atoms with Crippen LogP contribution in [0, 0.1) is 13.8 Å². The highest BCUT2D eigenvalue weighted by Gasteiger charge is 2.09. The molecule has 2 heterocycles. The summed E-state index contributed by atoms with van der Waals surface area (Å²) in [6.45, 7) is 4.03. The summed E-state index contributed by atoms with van der Waals surface area (Å²) < 4.78 is 0.841. The molecule has 0 bridgehead atoms. The van der Waals surface area contributed by atoms with Crippen molar-refractivity contribution in [3.8, 4) is 11.5 Å². The van der Waals surface area contributed by atoms with E-state index in [9.17, 15) is 0 Å². The maximum Gasteiger partial charge on any atom is 0.180 e. The third kappa shape index (κ3) is 2.44. The number of nitrogens with zero attached hydrogens (tertiary/aromatic N) is 3. The van der Waals surface area contributed by atoms with Crippen LogP contribution in [-0.4, -0.2) is 22.0 Å². The van der Waals surface area contributed by atoms with Crippen molar-refractivity contribution < 1.29 is 0 Å². The van der Waals surface area contributed by atoms with E-state index in [1.807, 2.05) is 27.1 Å². The van der Waals surface area contributed by atoms with E-state index in [0.29, 0.717) is 5.82 Å². The van der Waals surface area contributed by atoms with Crippen molar-refractivity contribution in [2.75, 3.05) is 12.4 Å². The number of rotatable bonds is 2. The lowest BCUT2D eigenvalue weighted by atomic mass is 10.1. The van der Waals surface area contributed by atoms with Gasteiger partial charge in [-0.15, -0.1) is 0 Å². The van der Waals surface area contributed by atoms with Crippen molar-refractivity contribution in [3.05, 3.63) is 34.1 Å². The molecular formula is C12H13BrN4. The zero-order valence-corrected chi connectivity index (χ0v) is 11.5. The Hall–Kier alpha value is -1.49. The first-order valence-electron chi connectivity index (χ1n) is 5.25. The number of aromatic nitrogens is 3. The van der Waals surface area contributed by atoms with Gasteiger partial charge in [0.1, 0.15) is 11.5 Å². The summed E-state index contributed by atoms with van der Waals surface area (Å²) >= 11 is 3.39. The van der Waals surface area contributed by atoms with E-state index in [2.05, 4.69) is 42.3 Å². The summed E-state index contributed by atoms with van der Waals surface area (Å²) in [5.41, 5.74) is 3.03. The van der Waals surface area contributed by atoms with Gasteiger partial charge in [0.25, 0.3) is 0 Å². The maximum atomic E-state index is 4.42. The summed E-state index contributed by atoms with van der Waals surface area (Å²) in [6.07, 6.45) is 3.56. The predicted octanol–water partition coefficient (Wildman–Crippen LogP) is 2.96. The predicted molar refractivity (Wildman–Crippen MR) is 72.0 cm³/mol. The van der Waals surface area contributed by atoms with Gasteiger partial charge >= 0.3 is 0 Å². The number of hydrogen-bond donors (Lipinski definition) is 1. The number of pyridine rings is 1. The number of aryl methyl sites for hydroxylation is 2. The van der Waals surface area contributed by atoms with Crippen molar-refractivity contribution in [2.24, 2.45) is 0 Å².